The number of hydrogen-bond acceptors (Lipinski definition) is 6. The molecule has 1 N–H and O–H groups in total. The van der Waals surface area contributed by atoms with Gasteiger partial charge in [0, 0.05) is 5.56 Å². The first kappa shape index (κ1) is 21.6. The summed E-state index contributed by atoms with van der Waals surface area (Å²) in [7, 11) is 2.73. The Kier molecular flexibility index (Phi) is 6.71. The van der Waals surface area contributed by atoms with Crippen LogP contribution >= 0.6 is 0 Å². The lowest BCUT2D eigenvalue weighted by atomic mass is 10.0. The van der Waals surface area contributed by atoms with E-state index in [9.17, 15) is 14.4 Å². The van der Waals surface area contributed by atoms with E-state index in [2.05, 4.69) is 16.7 Å². The molecule has 0 aliphatic carbocycles. The molecule has 0 spiro atoms. The van der Waals surface area contributed by atoms with Crippen molar-refractivity contribution in [2.75, 3.05) is 25.8 Å². The van der Waals surface area contributed by atoms with Crippen molar-refractivity contribution in [3.05, 3.63) is 71.8 Å². The molecular formula is C23H22N2O6. The summed E-state index contributed by atoms with van der Waals surface area (Å²) in [5.74, 6) is -0.800. The molecule has 1 heterocycles. The Labute approximate surface area is 179 Å². The molecule has 160 valence electrons. The monoisotopic (exact) mass is 422 g/mol. The molecular weight excluding hydrogens is 400 g/mol. The third-order valence-corrected chi connectivity index (χ3v) is 4.52. The number of para-hydroxylation sites is 1. The van der Waals surface area contributed by atoms with Gasteiger partial charge in [-0.25, -0.2) is 9.80 Å². The van der Waals surface area contributed by atoms with E-state index >= 15 is 0 Å². The van der Waals surface area contributed by atoms with Gasteiger partial charge in [-0.2, -0.15) is 0 Å². The maximum Gasteiger partial charge on any atom is 0.343 e. The van der Waals surface area contributed by atoms with Crippen LogP contribution in [0.2, 0.25) is 0 Å². The van der Waals surface area contributed by atoms with Gasteiger partial charge in [0.15, 0.2) is 18.1 Å². The number of ether oxygens (including phenoxy) is 3. The summed E-state index contributed by atoms with van der Waals surface area (Å²) in [6, 6.07) is 12.2. The molecule has 0 unspecified atom stereocenters. The van der Waals surface area contributed by atoms with Gasteiger partial charge in [-0.05, 0) is 42.3 Å². The standard InChI is InChI=1S/C23H22N2O6/c1-4-8-16-11-15(13-19(29-2)21(16)31-14-20(26)30-3)12-18-22(27)24-25(23(18)28)17-9-6-5-7-10-17/h4-7,9-13H,1,8,14H2,2-3H3,(H,24,27)/b18-12-. The molecule has 31 heavy (non-hydrogen) atoms. The second-order valence-corrected chi connectivity index (χ2v) is 6.54. The van der Waals surface area contributed by atoms with Crippen LogP contribution < -0.4 is 19.9 Å². The van der Waals surface area contributed by atoms with Crippen LogP contribution in [0.3, 0.4) is 0 Å². The highest BCUT2D eigenvalue weighted by molar-refractivity contribution is 6.31. The van der Waals surface area contributed by atoms with Crippen molar-refractivity contribution in [3.8, 4) is 11.5 Å². The first-order valence-electron chi connectivity index (χ1n) is 9.42. The predicted octanol–water partition coefficient (Wildman–Crippen LogP) is 2.44. The van der Waals surface area contributed by atoms with E-state index in [0.717, 1.165) is 0 Å². The molecule has 2 aromatic carbocycles. The molecule has 1 aliphatic rings. The van der Waals surface area contributed by atoms with Crippen molar-refractivity contribution in [2.24, 2.45) is 0 Å². The summed E-state index contributed by atoms with van der Waals surface area (Å²) in [5.41, 5.74) is 4.34. The Bertz CT molecular complexity index is 1050. The summed E-state index contributed by atoms with van der Waals surface area (Å²) in [6.45, 7) is 3.45. The second-order valence-electron chi connectivity index (χ2n) is 6.54. The third-order valence-electron chi connectivity index (χ3n) is 4.52. The van der Waals surface area contributed by atoms with Crippen LogP contribution in [0.1, 0.15) is 11.1 Å². The van der Waals surface area contributed by atoms with Gasteiger partial charge >= 0.3 is 5.97 Å². The summed E-state index contributed by atoms with van der Waals surface area (Å²) < 4.78 is 15.6. The number of esters is 1. The minimum absolute atomic E-state index is 0.0151. The SMILES string of the molecule is C=CCc1cc(/C=C2/C(=O)NN(c3ccccc3)C2=O)cc(OC)c1OCC(=O)OC. The molecule has 1 fully saturated rings. The van der Waals surface area contributed by atoms with Gasteiger partial charge in [0.1, 0.15) is 5.57 Å². The largest absolute Gasteiger partial charge is 0.493 e. The van der Waals surface area contributed by atoms with Gasteiger partial charge in [0.25, 0.3) is 11.8 Å². The smallest absolute Gasteiger partial charge is 0.343 e. The van der Waals surface area contributed by atoms with Crippen LogP contribution in [0, 0.1) is 0 Å². The Morgan fingerprint density at radius 1 is 1.16 bits per heavy atom. The quantitative estimate of drug-likeness (QED) is 0.304. The van der Waals surface area contributed by atoms with E-state index in [4.69, 9.17) is 9.47 Å². The maximum absolute atomic E-state index is 12.8. The Balaban J connectivity index is 1.96. The lowest BCUT2D eigenvalue weighted by Crippen LogP contribution is -2.35. The van der Waals surface area contributed by atoms with E-state index in [1.165, 1.54) is 25.3 Å². The zero-order chi connectivity index (χ0) is 22.4. The summed E-state index contributed by atoms with van der Waals surface area (Å²) in [4.78, 5) is 36.7. The molecule has 3 rings (SSSR count). The van der Waals surface area contributed by atoms with Crippen molar-refractivity contribution in [2.45, 2.75) is 6.42 Å². The highest BCUT2D eigenvalue weighted by atomic mass is 16.6. The number of allylic oxidation sites excluding steroid dienone is 1. The Morgan fingerprint density at radius 2 is 1.90 bits per heavy atom. The number of nitrogens with zero attached hydrogens (tertiary/aromatic N) is 1. The van der Waals surface area contributed by atoms with Crippen molar-refractivity contribution < 1.29 is 28.6 Å². The number of nitrogens with one attached hydrogen (secondary N) is 1. The summed E-state index contributed by atoms with van der Waals surface area (Å²) >= 11 is 0. The van der Waals surface area contributed by atoms with Crippen LogP contribution in [0.5, 0.6) is 11.5 Å². The summed E-state index contributed by atoms with van der Waals surface area (Å²) in [5, 5.41) is 1.20. The third kappa shape index (κ3) is 4.75. The average molecular weight is 422 g/mol. The number of carbonyl (C=O) groups is 3. The molecule has 2 amide bonds. The molecule has 8 heteroatoms. The number of rotatable bonds is 8. The lowest BCUT2D eigenvalue weighted by Gasteiger charge is -2.15. The average Bonchev–Trinajstić information content (AvgIpc) is 3.06. The van der Waals surface area contributed by atoms with Gasteiger partial charge in [0.05, 0.1) is 19.9 Å². The van der Waals surface area contributed by atoms with Gasteiger partial charge in [-0.1, -0.05) is 24.3 Å². The minimum atomic E-state index is -0.535. The topological polar surface area (TPSA) is 94.2 Å². The number of amides is 2. The minimum Gasteiger partial charge on any atom is -0.493 e. The van der Waals surface area contributed by atoms with Crippen molar-refractivity contribution in [3.63, 3.8) is 0 Å². The Hall–Kier alpha value is -4.07. The molecule has 0 saturated carbocycles. The zero-order valence-electron chi connectivity index (χ0n) is 17.2. The predicted molar refractivity (Wildman–Crippen MR) is 114 cm³/mol. The molecule has 2 aromatic rings. The fourth-order valence-corrected chi connectivity index (χ4v) is 3.06. The number of carbonyl (C=O) groups excluding carboxylic acids is 3. The van der Waals surface area contributed by atoms with Gasteiger partial charge < -0.3 is 14.2 Å². The highest BCUT2D eigenvalue weighted by Gasteiger charge is 2.34. The van der Waals surface area contributed by atoms with Crippen LogP contribution in [-0.4, -0.2) is 38.6 Å². The molecule has 8 nitrogen and oxygen atoms in total. The van der Waals surface area contributed by atoms with Crippen molar-refractivity contribution in [1.82, 2.24) is 5.43 Å². The lowest BCUT2D eigenvalue weighted by molar-refractivity contribution is -0.143. The van der Waals surface area contributed by atoms with E-state index < -0.39 is 17.8 Å². The van der Waals surface area contributed by atoms with E-state index in [-0.39, 0.29) is 12.2 Å². The van der Waals surface area contributed by atoms with Crippen molar-refractivity contribution >= 4 is 29.5 Å². The maximum atomic E-state index is 12.8. The normalized spacial score (nSPS) is 14.4. The molecule has 0 aromatic heterocycles. The number of benzene rings is 2. The second kappa shape index (κ2) is 9.62. The molecule has 1 saturated heterocycles. The molecule has 1 aliphatic heterocycles. The number of hydrazine groups is 1. The van der Waals surface area contributed by atoms with E-state index in [0.29, 0.717) is 34.7 Å². The number of hydrogen-bond donors (Lipinski definition) is 1. The first-order valence-corrected chi connectivity index (χ1v) is 9.42. The zero-order valence-corrected chi connectivity index (χ0v) is 17.2. The van der Waals surface area contributed by atoms with Crippen LogP contribution in [-0.2, 0) is 25.5 Å². The van der Waals surface area contributed by atoms with E-state index in [1.54, 1.807) is 42.5 Å². The van der Waals surface area contributed by atoms with Gasteiger partial charge in [-0.3, -0.25) is 15.0 Å². The Morgan fingerprint density at radius 3 is 2.55 bits per heavy atom. The van der Waals surface area contributed by atoms with Crippen molar-refractivity contribution in [1.29, 1.82) is 0 Å². The van der Waals surface area contributed by atoms with Crippen LogP contribution in [0.4, 0.5) is 5.69 Å². The highest BCUT2D eigenvalue weighted by Crippen LogP contribution is 2.35. The van der Waals surface area contributed by atoms with Crippen LogP contribution in [0.15, 0.2) is 60.7 Å². The fraction of sp³-hybridized carbons (Fsp3) is 0.174. The molecule has 0 bridgehead atoms. The van der Waals surface area contributed by atoms with E-state index in [1.807, 2.05) is 6.07 Å². The van der Waals surface area contributed by atoms with Gasteiger partial charge in [-0.15, -0.1) is 6.58 Å². The number of anilines is 1. The fourth-order valence-electron chi connectivity index (χ4n) is 3.06. The first-order chi connectivity index (χ1) is 15.0. The molecule has 0 atom stereocenters. The number of methoxy groups -OCH3 is 2. The molecule has 0 radical (unpaired) electrons. The van der Waals surface area contributed by atoms with Gasteiger partial charge in [0.2, 0.25) is 0 Å². The summed E-state index contributed by atoms with van der Waals surface area (Å²) in [6.07, 6.45) is 3.57. The van der Waals surface area contributed by atoms with Crippen LogP contribution in [0.25, 0.3) is 6.08 Å².